The van der Waals surface area contributed by atoms with Gasteiger partial charge in [-0.25, -0.2) is 0 Å². The summed E-state index contributed by atoms with van der Waals surface area (Å²) in [6, 6.07) is 10.0. The van der Waals surface area contributed by atoms with E-state index in [0.717, 1.165) is 5.56 Å². The average Bonchev–Trinajstić information content (AvgIpc) is 3.11. The van der Waals surface area contributed by atoms with Gasteiger partial charge in [-0.2, -0.15) is 0 Å². The number of benzene rings is 1. The smallest absolute Gasteiger partial charge is 0.201 e. The van der Waals surface area contributed by atoms with E-state index in [1.54, 1.807) is 6.08 Å². The molecular weight excluding hydrogens is 432 g/mol. The number of aryl methyl sites for hydroxylation is 1. The van der Waals surface area contributed by atoms with Crippen molar-refractivity contribution < 1.29 is 24.1 Å². The van der Waals surface area contributed by atoms with Gasteiger partial charge in [-0.15, -0.1) is 0 Å². The van der Waals surface area contributed by atoms with Crippen LogP contribution < -0.4 is 0 Å². The molecule has 1 aliphatic rings. The number of aliphatic hydroxyl groups is 2. The molecule has 188 valence electrons. The van der Waals surface area contributed by atoms with Crippen LogP contribution in [-0.4, -0.2) is 55.3 Å². The molecule has 1 aromatic carbocycles. The van der Waals surface area contributed by atoms with Crippen molar-refractivity contribution in [2.75, 3.05) is 6.61 Å². The average molecular weight is 479 g/mol. The monoisotopic (exact) mass is 478 g/mol. The summed E-state index contributed by atoms with van der Waals surface area (Å²) in [4.78, 5) is 0. The first-order valence-corrected chi connectivity index (χ1v) is 14.6. The molecule has 5 nitrogen and oxygen atoms in total. The quantitative estimate of drug-likeness (QED) is 0.302. The van der Waals surface area contributed by atoms with Gasteiger partial charge >= 0.3 is 0 Å². The number of hydrogen-bond donors (Lipinski definition) is 2. The molecule has 0 spiro atoms. The predicted molar refractivity (Wildman–Crippen MR) is 137 cm³/mol. The molecule has 1 fully saturated rings. The van der Waals surface area contributed by atoms with E-state index in [2.05, 4.69) is 41.5 Å². The lowest BCUT2D eigenvalue weighted by molar-refractivity contribution is -0.146. The lowest BCUT2D eigenvalue weighted by atomic mass is 10.0. The van der Waals surface area contributed by atoms with Crippen LogP contribution in [0.3, 0.4) is 0 Å². The Labute approximate surface area is 202 Å². The van der Waals surface area contributed by atoms with Crippen LogP contribution in [0.1, 0.15) is 67.4 Å². The Hall–Kier alpha value is -1.02. The molecule has 0 aliphatic carbocycles. The minimum Gasteiger partial charge on any atom is -0.407 e. The Morgan fingerprint density at radius 2 is 1.58 bits per heavy atom. The van der Waals surface area contributed by atoms with Crippen molar-refractivity contribution >= 4 is 8.32 Å². The van der Waals surface area contributed by atoms with E-state index >= 15 is 0 Å². The SMILES string of the molecule is CC(C)[Si](O[C@H](/C=C\[C@H](O)[C@H](O)CCc1ccccc1)[C@@H]1COC(C)(C)O1)(C(C)C)C(C)C. The van der Waals surface area contributed by atoms with Crippen LogP contribution in [0.25, 0.3) is 0 Å². The van der Waals surface area contributed by atoms with Crippen LogP contribution in [0.4, 0.5) is 0 Å². The van der Waals surface area contributed by atoms with E-state index in [1.165, 1.54) is 0 Å². The molecule has 1 saturated heterocycles. The fraction of sp³-hybridized carbons (Fsp3) is 0.704. The van der Waals surface area contributed by atoms with Crippen LogP contribution in [0.2, 0.25) is 16.6 Å². The van der Waals surface area contributed by atoms with Gasteiger partial charge in [0.05, 0.1) is 24.9 Å². The van der Waals surface area contributed by atoms with Crippen molar-refractivity contribution in [2.45, 2.75) is 115 Å². The highest BCUT2D eigenvalue weighted by atomic mass is 28.4. The topological polar surface area (TPSA) is 68.2 Å². The standard InChI is InChI=1S/C27H46O5Si/c1-19(2)33(20(3)4,21(5)6)32-25(26-18-30-27(7,8)31-26)17-16-24(29)23(28)15-14-22-12-10-9-11-13-22/h9-13,16-17,19-21,23-26,28-29H,14-15,18H2,1-8H3/b17-16-/t23-,24+,25-,26+/m1/s1. The predicted octanol–water partition coefficient (Wildman–Crippen LogP) is 5.61. The van der Waals surface area contributed by atoms with E-state index in [1.807, 2.05) is 50.3 Å². The minimum atomic E-state index is -2.19. The fourth-order valence-electron chi connectivity index (χ4n) is 5.24. The largest absolute Gasteiger partial charge is 0.407 e. The minimum absolute atomic E-state index is 0.256. The highest BCUT2D eigenvalue weighted by Gasteiger charge is 2.49. The number of hydrogen-bond acceptors (Lipinski definition) is 5. The Kier molecular flexibility index (Phi) is 10.3. The van der Waals surface area contributed by atoms with Crippen LogP contribution in [0, 0.1) is 0 Å². The molecule has 6 heteroatoms. The highest BCUT2D eigenvalue weighted by molar-refractivity contribution is 6.77. The van der Waals surface area contributed by atoms with Crippen molar-refractivity contribution in [1.82, 2.24) is 0 Å². The zero-order valence-electron chi connectivity index (χ0n) is 21.8. The van der Waals surface area contributed by atoms with Gasteiger partial charge in [-0.3, -0.25) is 0 Å². The van der Waals surface area contributed by atoms with E-state index in [0.29, 0.717) is 36.1 Å². The summed E-state index contributed by atoms with van der Waals surface area (Å²) >= 11 is 0. The van der Waals surface area contributed by atoms with Crippen molar-refractivity contribution in [3.63, 3.8) is 0 Å². The van der Waals surface area contributed by atoms with E-state index in [-0.39, 0.29) is 12.2 Å². The Morgan fingerprint density at radius 1 is 1.00 bits per heavy atom. The Bertz CT molecular complexity index is 710. The molecule has 0 aromatic heterocycles. The Morgan fingerprint density at radius 3 is 2.06 bits per heavy atom. The molecule has 0 unspecified atom stereocenters. The summed E-state index contributed by atoms with van der Waals surface area (Å²) in [6.45, 7) is 17.8. The van der Waals surface area contributed by atoms with Crippen LogP contribution in [0.5, 0.6) is 0 Å². The molecule has 0 radical (unpaired) electrons. The second-order valence-corrected chi connectivity index (χ2v) is 16.1. The summed E-state index contributed by atoms with van der Waals surface area (Å²) < 4.78 is 19.0. The molecule has 1 aliphatic heterocycles. The van der Waals surface area contributed by atoms with Gasteiger partial charge < -0.3 is 24.1 Å². The first-order chi connectivity index (χ1) is 15.4. The van der Waals surface area contributed by atoms with E-state index in [4.69, 9.17) is 13.9 Å². The van der Waals surface area contributed by atoms with Gasteiger partial charge in [0.25, 0.3) is 0 Å². The zero-order chi connectivity index (χ0) is 24.8. The third kappa shape index (κ3) is 7.48. The van der Waals surface area contributed by atoms with Crippen LogP contribution >= 0.6 is 0 Å². The fourth-order valence-corrected chi connectivity index (χ4v) is 10.8. The summed E-state index contributed by atoms with van der Waals surface area (Å²) in [6.07, 6.45) is 2.35. The molecule has 33 heavy (non-hydrogen) atoms. The van der Waals surface area contributed by atoms with Gasteiger partial charge in [0, 0.05) is 0 Å². The van der Waals surface area contributed by atoms with Gasteiger partial charge in [-0.1, -0.05) is 84.0 Å². The lowest BCUT2D eigenvalue weighted by Crippen LogP contribution is -2.52. The first kappa shape index (κ1) is 28.2. The molecule has 0 bridgehead atoms. The van der Waals surface area contributed by atoms with Crippen molar-refractivity contribution in [2.24, 2.45) is 0 Å². The lowest BCUT2D eigenvalue weighted by Gasteiger charge is -2.45. The van der Waals surface area contributed by atoms with E-state index in [9.17, 15) is 10.2 Å². The number of aliphatic hydroxyl groups excluding tert-OH is 2. The summed E-state index contributed by atoms with van der Waals surface area (Å²) in [7, 11) is -2.19. The molecule has 4 atom stereocenters. The number of rotatable bonds is 12. The maximum atomic E-state index is 10.7. The molecule has 2 N–H and O–H groups in total. The maximum Gasteiger partial charge on any atom is 0.201 e. The molecule has 0 saturated carbocycles. The van der Waals surface area contributed by atoms with Gasteiger partial charge in [-0.05, 0) is 48.9 Å². The molecule has 2 rings (SSSR count). The van der Waals surface area contributed by atoms with Gasteiger partial charge in [0.2, 0.25) is 8.32 Å². The normalized spacial score (nSPS) is 21.9. The molecule has 0 amide bonds. The van der Waals surface area contributed by atoms with E-state index < -0.39 is 26.3 Å². The second kappa shape index (κ2) is 12.1. The molecule has 1 aromatic rings. The summed E-state index contributed by atoms with van der Waals surface area (Å²) in [5.41, 5.74) is 2.41. The van der Waals surface area contributed by atoms with Crippen molar-refractivity contribution in [3.05, 3.63) is 48.0 Å². The van der Waals surface area contributed by atoms with Crippen molar-refractivity contribution in [3.8, 4) is 0 Å². The van der Waals surface area contributed by atoms with Crippen LogP contribution in [-0.2, 0) is 20.3 Å². The van der Waals surface area contributed by atoms with Gasteiger partial charge in [0.15, 0.2) is 5.79 Å². The number of ether oxygens (including phenoxy) is 2. The first-order valence-electron chi connectivity index (χ1n) is 12.5. The second-order valence-electron chi connectivity index (χ2n) is 10.7. The van der Waals surface area contributed by atoms with Gasteiger partial charge in [0.1, 0.15) is 6.10 Å². The summed E-state index contributed by atoms with van der Waals surface area (Å²) in [5.74, 6) is -0.661. The molecule has 1 heterocycles. The summed E-state index contributed by atoms with van der Waals surface area (Å²) in [5, 5.41) is 21.2. The highest BCUT2D eigenvalue weighted by Crippen LogP contribution is 2.44. The van der Waals surface area contributed by atoms with Crippen LogP contribution in [0.15, 0.2) is 42.5 Å². The Balaban J connectivity index is 2.18. The third-order valence-corrected chi connectivity index (χ3v) is 13.0. The third-order valence-electron chi connectivity index (χ3n) is 6.91. The zero-order valence-corrected chi connectivity index (χ0v) is 22.8. The maximum absolute atomic E-state index is 10.7. The molecular formula is C27H46O5Si. The van der Waals surface area contributed by atoms with Crippen molar-refractivity contribution in [1.29, 1.82) is 0 Å².